The number of rotatable bonds is 7. The molecule has 0 bridgehead atoms. The van der Waals surface area contributed by atoms with E-state index in [1.54, 1.807) is 6.92 Å². The van der Waals surface area contributed by atoms with Gasteiger partial charge in [-0.15, -0.1) is 0 Å². The molecule has 0 unspecified atom stereocenters. The van der Waals surface area contributed by atoms with Crippen LogP contribution in [0.1, 0.15) is 22.3 Å². The van der Waals surface area contributed by atoms with E-state index in [0.29, 0.717) is 11.3 Å². The second-order valence-electron chi connectivity index (χ2n) is 6.85. The van der Waals surface area contributed by atoms with Crippen molar-refractivity contribution in [2.45, 2.75) is 32.6 Å². The Morgan fingerprint density at radius 2 is 1.62 bits per heavy atom. The number of hydrogen-bond donors (Lipinski definition) is 2. The van der Waals surface area contributed by atoms with Crippen LogP contribution in [0.15, 0.2) is 29.4 Å². The second-order valence-corrected chi connectivity index (χ2v) is 8.80. The van der Waals surface area contributed by atoms with E-state index >= 15 is 0 Å². The number of hydrogen-bond acceptors (Lipinski definition) is 6. The minimum atomic E-state index is -3.98. The van der Waals surface area contributed by atoms with E-state index in [0.717, 1.165) is 22.9 Å². The van der Waals surface area contributed by atoms with E-state index in [-0.39, 0.29) is 17.2 Å². The normalized spacial score (nSPS) is 11.1. The van der Waals surface area contributed by atoms with Gasteiger partial charge < -0.3 is 15.4 Å². The van der Waals surface area contributed by atoms with Gasteiger partial charge in [0.2, 0.25) is 11.8 Å². The van der Waals surface area contributed by atoms with Crippen LogP contribution in [-0.4, -0.2) is 44.6 Å². The largest absolute Gasteiger partial charge is 0.495 e. The van der Waals surface area contributed by atoms with Crippen LogP contribution in [0.5, 0.6) is 5.75 Å². The first-order valence-corrected chi connectivity index (χ1v) is 10.6. The van der Waals surface area contributed by atoms with E-state index in [9.17, 15) is 18.0 Å². The van der Waals surface area contributed by atoms with Crippen molar-refractivity contribution in [3.8, 4) is 5.75 Å². The summed E-state index contributed by atoms with van der Waals surface area (Å²) in [6.07, 6.45) is 2.61. The van der Waals surface area contributed by atoms with Crippen LogP contribution in [0.3, 0.4) is 0 Å². The molecule has 0 aliphatic carbocycles. The maximum Gasteiger partial charge on any atom is 0.243 e. The summed E-state index contributed by atoms with van der Waals surface area (Å²) in [5.74, 6) is -1.90. The first-order chi connectivity index (χ1) is 13.5. The summed E-state index contributed by atoms with van der Waals surface area (Å²) >= 11 is 0. The number of aryl methyl sites for hydroxylation is 4. The second kappa shape index (κ2) is 9.04. The van der Waals surface area contributed by atoms with Crippen LogP contribution in [0.2, 0.25) is 0 Å². The summed E-state index contributed by atoms with van der Waals surface area (Å²) in [6, 6.07) is 3.88. The molecule has 156 valence electrons. The molecule has 2 aromatic rings. The van der Waals surface area contributed by atoms with E-state index in [2.05, 4.69) is 15.6 Å². The SMILES string of the molecule is COc1c(C)cncc1S(=O)(=O)CC(=O)NCC(=O)Nc1c(C)cc(C)cc1C. The van der Waals surface area contributed by atoms with Gasteiger partial charge >= 0.3 is 0 Å². The zero-order valence-electron chi connectivity index (χ0n) is 17.1. The maximum atomic E-state index is 12.6. The van der Waals surface area contributed by atoms with Crippen molar-refractivity contribution in [2.75, 3.05) is 24.7 Å². The zero-order chi connectivity index (χ0) is 21.8. The molecule has 1 aromatic carbocycles. The van der Waals surface area contributed by atoms with Crippen molar-refractivity contribution in [3.05, 3.63) is 46.8 Å². The Kier molecular flexibility index (Phi) is 6.97. The molecule has 0 saturated heterocycles. The molecule has 0 radical (unpaired) electrons. The van der Waals surface area contributed by atoms with E-state index in [1.807, 2.05) is 32.9 Å². The fourth-order valence-corrected chi connectivity index (χ4v) is 4.40. The maximum absolute atomic E-state index is 12.6. The highest BCUT2D eigenvalue weighted by Crippen LogP contribution is 2.27. The van der Waals surface area contributed by atoms with Crippen LogP contribution in [0.4, 0.5) is 5.69 Å². The zero-order valence-corrected chi connectivity index (χ0v) is 17.9. The van der Waals surface area contributed by atoms with Gasteiger partial charge in [-0.25, -0.2) is 8.42 Å². The molecule has 0 aliphatic heterocycles. The number of pyridine rings is 1. The van der Waals surface area contributed by atoms with Crippen molar-refractivity contribution < 1.29 is 22.7 Å². The Labute approximate surface area is 170 Å². The average molecular weight is 420 g/mol. The van der Waals surface area contributed by atoms with E-state index in [1.165, 1.54) is 13.3 Å². The molecular weight excluding hydrogens is 394 g/mol. The molecule has 0 fully saturated rings. The van der Waals surface area contributed by atoms with Crippen LogP contribution < -0.4 is 15.4 Å². The molecular formula is C20H25N3O5S. The lowest BCUT2D eigenvalue weighted by atomic mass is 10.1. The van der Waals surface area contributed by atoms with Gasteiger partial charge in [0.05, 0.1) is 13.7 Å². The van der Waals surface area contributed by atoms with Gasteiger partial charge in [0.25, 0.3) is 0 Å². The highest BCUT2D eigenvalue weighted by atomic mass is 32.2. The van der Waals surface area contributed by atoms with Crippen molar-refractivity contribution in [2.24, 2.45) is 0 Å². The van der Waals surface area contributed by atoms with Crippen LogP contribution in [0.25, 0.3) is 0 Å². The molecule has 0 atom stereocenters. The molecule has 0 saturated carbocycles. The highest BCUT2D eigenvalue weighted by molar-refractivity contribution is 7.92. The predicted molar refractivity (Wildman–Crippen MR) is 110 cm³/mol. The van der Waals surface area contributed by atoms with Gasteiger partial charge in [0.1, 0.15) is 16.4 Å². The summed E-state index contributed by atoms with van der Waals surface area (Å²) in [7, 11) is -2.63. The minimum absolute atomic E-state index is 0.149. The van der Waals surface area contributed by atoms with Crippen LogP contribution in [0, 0.1) is 27.7 Å². The van der Waals surface area contributed by atoms with Crippen molar-refractivity contribution in [1.29, 1.82) is 0 Å². The summed E-state index contributed by atoms with van der Waals surface area (Å²) in [5, 5.41) is 5.09. The molecule has 8 nitrogen and oxygen atoms in total. The Hall–Kier alpha value is -2.94. The number of nitrogens with one attached hydrogen (secondary N) is 2. The average Bonchev–Trinajstić information content (AvgIpc) is 2.62. The number of sulfone groups is 1. The predicted octanol–water partition coefficient (Wildman–Crippen LogP) is 1.85. The molecule has 0 spiro atoms. The summed E-state index contributed by atoms with van der Waals surface area (Å²) in [6.45, 7) is 7.04. The van der Waals surface area contributed by atoms with Gasteiger partial charge in [0.15, 0.2) is 9.84 Å². The highest BCUT2D eigenvalue weighted by Gasteiger charge is 2.25. The van der Waals surface area contributed by atoms with Gasteiger partial charge in [-0.1, -0.05) is 17.7 Å². The molecule has 9 heteroatoms. The fourth-order valence-electron chi connectivity index (χ4n) is 3.05. The number of aromatic nitrogens is 1. The monoisotopic (exact) mass is 419 g/mol. The van der Waals surface area contributed by atoms with Crippen molar-refractivity contribution >= 4 is 27.3 Å². The van der Waals surface area contributed by atoms with Crippen LogP contribution in [-0.2, 0) is 19.4 Å². The Morgan fingerprint density at radius 1 is 1.00 bits per heavy atom. The number of methoxy groups -OCH3 is 1. The lowest BCUT2D eigenvalue weighted by molar-refractivity contribution is -0.122. The summed E-state index contributed by atoms with van der Waals surface area (Å²) < 4.78 is 30.2. The Morgan fingerprint density at radius 3 is 2.21 bits per heavy atom. The van der Waals surface area contributed by atoms with Crippen molar-refractivity contribution in [1.82, 2.24) is 10.3 Å². The fraction of sp³-hybridized carbons (Fsp3) is 0.350. The number of benzene rings is 1. The Balaban J connectivity index is 2.01. The Bertz CT molecular complexity index is 1030. The first-order valence-electron chi connectivity index (χ1n) is 8.91. The third-order valence-electron chi connectivity index (χ3n) is 4.29. The van der Waals surface area contributed by atoms with Gasteiger partial charge in [-0.2, -0.15) is 0 Å². The summed E-state index contributed by atoms with van der Waals surface area (Å²) in [4.78, 5) is 28.0. The van der Waals surface area contributed by atoms with E-state index in [4.69, 9.17) is 4.74 Å². The molecule has 29 heavy (non-hydrogen) atoms. The molecule has 2 amide bonds. The number of anilines is 1. The standard InChI is InChI=1S/C20H25N3O5S/c1-12-6-13(2)19(14(3)7-12)23-17(24)10-22-18(25)11-29(26,27)16-9-21-8-15(4)20(16)28-5/h6-9H,10-11H2,1-5H3,(H,22,25)(H,23,24). The number of ether oxygens (including phenoxy) is 1. The van der Waals surface area contributed by atoms with Gasteiger partial charge in [-0.3, -0.25) is 14.6 Å². The topological polar surface area (TPSA) is 114 Å². The third kappa shape index (κ3) is 5.54. The van der Waals surface area contributed by atoms with Gasteiger partial charge in [0, 0.05) is 23.6 Å². The first kappa shape index (κ1) is 22.4. The van der Waals surface area contributed by atoms with Crippen LogP contribution >= 0.6 is 0 Å². The smallest absolute Gasteiger partial charge is 0.243 e. The molecule has 2 N–H and O–H groups in total. The minimum Gasteiger partial charge on any atom is -0.495 e. The molecule has 1 aromatic heterocycles. The lowest BCUT2D eigenvalue weighted by Crippen LogP contribution is -2.36. The molecule has 0 aliphatic rings. The molecule has 2 rings (SSSR count). The van der Waals surface area contributed by atoms with E-state index < -0.39 is 27.4 Å². The quantitative estimate of drug-likeness (QED) is 0.708. The molecule has 1 heterocycles. The number of nitrogens with zero attached hydrogens (tertiary/aromatic N) is 1. The number of carbonyl (C=O) groups excluding carboxylic acids is 2. The summed E-state index contributed by atoms with van der Waals surface area (Å²) in [5.41, 5.74) is 4.11. The van der Waals surface area contributed by atoms with Crippen molar-refractivity contribution in [3.63, 3.8) is 0 Å². The lowest BCUT2D eigenvalue weighted by Gasteiger charge is -2.13. The number of amides is 2. The number of carbonyl (C=O) groups is 2. The third-order valence-corrected chi connectivity index (χ3v) is 5.89. The van der Waals surface area contributed by atoms with Gasteiger partial charge in [-0.05, 0) is 38.8 Å².